The zero-order valence-corrected chi connectivity index (χ0v) is 11.1. The van der Waals surface area contributed by atoms with Gasteiger partial charge in [0.1, 0.15) is 11.0 Å². The molecule has 6 heteroatoms. The normalized spacial score (nSPS) is 12.5. The molecule has 0 fully saturated rings. The summed E-state index contributed by atoms with van der Waals surface area (Å²) in [6.45, 7) is 1.99. The molecule has 0 saturated carbocycles. The van der Waals surface area contributed by atoms with E-state index in [4.69, 9.17) is 11.6 Å². The molecule has 0 N–H and O–H groups in total. The first-order valence-corrected chi connectivity index (χ1v) is 6.31. The van der Waals surface area contributed by atoms with Crippen molar-refractivity contribution in [3.8, 4) is 0 Å². The van der Waals surface area contributed by atoms with Gasteiger partial charge in [-0.3, -0.25) is 4.79 Å². The van der Waals surface area contributed by atoms with Gasteiger partial charge in [-0.05, 0) is 0 Å². The molecule has 0 amide bonds. The number of hydrogen-bond acceptors (Lipinski definition) is 4. The third-order valence-corrected chi connectivity index (χ3v) is 3.72. The van der Waals surface area contributed by atoms with Crippen LogP contribution in [0.25, 0.3) is 0 Å². The van der Waals surface area contributed by atoms with Crippen LogP contribution in [0.15, 0.2) is 6.20 Å². The Labute approximate surface area is 104 Å². The predicted octanol–water partition coefficient (Wildman–Crippen LogP) is 2.26. The molecular weight excluding hydrogens is 248 g/mol. The number of esters is 1. The molecule has 0 radical (unpaired) electrons. The van der Waals surface area contributed by atoms with Crippen molar-refractivity contribution in [3.63, 3.8) is 0 Å². The van der Waals surface area contributed by atoms with E-state index in [9.17, 15) is 4.79 Å². The SMILES string of the molecule is COC(=O)CC(C)SCc1ncc(Cl)n1C. The molecule has 0 aromatic carbocycles. The number of rotatable bonds is 5. The highest BCUT2D eigenvalue weighted by molar-refractivity contribution is 7.99. The van der Waals surface area contributed by atoms with Crippen LogP contribution >= 0.6 is 23.4 Å². The highest BCUT2D eigenvalue weighted by atomic mass is 35.5. The molecule has 4 nitrogen and oxygen atoms in total. The number of imidazole rings is 1. The molecule has 0 aliphatic rings. The second-order valence-electron chi connectivity index (χ2n) is 3.46. The quantitative estimate of drug-likeness (QED) is 0.764. The summed E-state index contributed by atoms with van der Waals surface area (Å²) >= 11 is 7.53. The first-order valence-electron chi connectivity index (χ1n) is 4.89. The number of aromatic nitrogens is 2. The monoisotopic (exact) mass is 262 g/mol. The second-order valence-corrected chi connectivity index (χ2v) is 5.27. The van der Waals surface area contributed by atoms with E-state index in [1.165, 1.54) is 7.11 Å². The average Bonchev–Trinajstić information content (AvgIpc) is 2.57. The van der Waals surface area contributed by atoms with Crippen LogP contribution in [0.3, 0.4) is 0 Å². The lowest BCUT2D eigenvalue weighted by molar-refractivity contribution is -0.140. The van der Waals surface area contributed by atoms with E-state index in [1.54, 1.807) is 18.0 Å². The van der Waals surface area contributed by atoms with Gasteiger partial charge >= 0.3 is 5.97 Å². The second kappa shape index (κ2) is 6.15. The first kappa shape index (κ1) is 13.4. The van der Waals surface area contributed by atoms with Gasteiger partial charge in [-0.1, -0.05) is 18.5 Å². The standard InChI is InChI=1S/C10H15ClN2O2S/c1-7(4-10(14)15-3)16-6-9-12-5-8(11)13(9)2/h5,7H,4,6H2,1-3H3. The summed E-state index contributed by atoms with van der Waals surface area (Å²) in [5, 5.41) is 0.833. The molecule has 0 spiro atoms. The third-order valence-electron chi connectivity index (χ3n) is 2.21. The summed E-state index contributed by atoms with van der Waals surface area (Å²) in [6, 6.07) is 0. The summed E-state index contributed by atoms with van der Waals surface area (Å²) in [6.07, 6.45) is 2.04. The molecule has 1 aromatic rings. The van der Waals surface area contributed by atoms with E-state index in [0.717, 1.165) is 11.6 Å². The Kier molecular flexibility index (Phi) is 5.15. The van der Waals surface area contributed by atoms with E-state index < -0.39 is 0 Å². The number of thioether (sulfide) groups is 1. The molecular formula is C10H15ClN2O2S. The van der Waals surface area contributed by atoms with Crippen molar-refractivity contribution in [3.05, 3.63) is 17.2 Å². The van der Waals surface area contributed by atoms with Gasteiger partial charge in [-0.15, -0.1) is 0 Å². The van der Waals surface area contributed by atoms with Crippen LogP contribution in [0.1, 0.15) is 19.2 Å². The van der Waals surface area contributed by atoms with Crippen molar-refractivity contribution in [1.29, 1.82) is 0 Å². The van der Waals surface area contributed by atoms with Crippen molar-refractivity contribution < 1.29 is 9.53 Å². The molecule has 0 aliphatic carbocycles. The number of carbonyl (C=O) groups is 1. The van der Waals surface area contributed by atoms with Gasteiger partial charge in [0.25, 0.3) is 0 Å². The van der Waals surface area contributed by atoms with Crippen LogP contribution in [0.2, 0.25) is 5.15 Å². The zero-order chi connectivity index (χ0) is 12.1. The average molecular weight is 263 g/mol. The largest absolute Gasteiger partial charge is 0.469 e. The summed E-state index contributed by atoms with van der Waals surface area (Å²) in [7, 11) is 3.27. The summed E-state index contributed by atoms with van der Waals surface area (Å²) in [4.78, 5) is 15.2. The summed E-state index contributed by atoms with van der Waals surface area (Å²) in [5.74, 6) is 1.46. The lowest BCUT2D eigenvalue weighted by atomic mass is 10.3. The molecule has 16 heavy (non-hydrogen) atoms. The van der Waals surface area contributed by atoms with E-state index >= 15 is 0 Å². The van der Waals surface area contributed by atoms with E-state index in [2.05, 4.69) is 9.72 Å². The zero-order valence-electron chi connectivity index (χ0n) is 9.57. The summed E-state index contributed by atoms with van der Waals surface area (Å²) in [5.41, 5.74) is 0. The molecule has 1 rings (SSSR count). The molecule has 1 aromatic heterocycles. The molecule has 0 aliphatic heterocycles. The van der Waals surface area contributed by atoms with Gasteiger partial charge in [0, 0.05) is 12.3 Å². The number of ether oxygens (including phenoxy) is 1. The van der Waals surface area contributed by atoms with Crippen molar-refractivity contribution in [1.82, 2.24) is 9.55 Å². The fraction of sp³-hybridized carbons (Fsp3) is 0.600. The van der Waals surface area contributed by atoms with Crippen molar-refractivity contribution in [2.45, 2.75) is 24.3 Å². The van der Waals surface area contributed by atoms with E-state index in [-0.39, 0.29) is 11.2 Å². The van der Waals surface area contributed by atoms with Gasteiger partial charge in [0.2, 0.25) is 0 Å². The molecule has 90 valence electrons. The number of carbonyl (C=O) groups excluding carboxylic acids is 1. The Bertz CT molecular complexity index is 368. The molecule has 0 saturated heterocycles. The van der Waals surface area contributed by atoms with Crippen LogP contribution in [0.5, 0.6) is 0 Å². The predicted molar refractivity (Wildman–Crippen MR) is 65.6 cm³/mol. The van der Waals surface area contributed by atoms with E-state index in [1.807, 2.05) is 18.5 Å². The smallest absolute Gasteiger partial charge is 0.306 e. The molecule has 1 heterocycles. The minimum Gasteiger partial charge on any atom is -0.469 e. The van der Waals surface area contributed by atoms with Crippen molar-refractivity contribution in [2.24, 2.45) is 7.05 Å². The highest BCUT2D eigenvalue weighted by Crippen LogP contribution is 2.21. The number of nitrogens with zero attached hydrogens (tertiary/aromatic N) is 2. The minimum atomic E-state index is -0.183. The van der Waals surface area contributed by atoms with Crippen molar-refractivity contribution in [2.75, 3.05) is 7.11 Å². The van der Waals surface area contributed by atoms with Crippen LogP contribution in [0, 0.1) is 0 Å². The lowest BCUT2D eigenvalue weighted by Gasteiger charge is -2.09. The fourth-order valence-electron chi connectivity index (χ4n) is 1.15. The fourth-order valence-corrected chi connectivity index (χ4v) is 2.25. The topological polar surface area (TPSA) is 44.1 Å². The number of hydrogen-bond donors (Lipinski definition) is 0. The van der Waals surface area contributed by atoms with Crippen LogP contribution in [-0.4, -0.2) is 27.9 Å². The van der Waals surface area contributed by atoms with E-state index in [0.29, 0.717) is 11.6 Å². The van der Waals surface area contributed by atoms with Crippen LogP contribution in [-0.2, 0) is 22.3 Å². The van der Waals surface area contributed by atoms with Crippen LogP contribution < -0.4 is 0 Å². The van der Waals surface area contributed by atoms with Gasteiger partial charge in [-0.25, -0.2) is 4.98 Å². The lowest BCUT2D eigenvalue weighted by Crippen LogP contribution is -2.09. The van der Waals surface area contributed by atoms with Gasteiger partial charge < -0.3 is 9.30 Å². The first-order chi connectivity index (χ1) is 7.54. The minimum absolute atomic E-state index is 0.183. The number of halogens is 1. The summed E-state index contributed by atoms with van der Waals surface area (Å²) < 4.78 is 6.44. The maximum atomic E-state index is 11.0. The van der Waals surface area contributed by atoms with Gasteiger partial charge in [0.15, 0.2) is 0 Å². The van der Waals surface area contributed by atoms with Crippen molar-refractivity contribution >= 4 is 29.3 Å². The van der Waals surface area contributed by atoms with Gasteiger partial charge in [0.05, 0.1) is 25.5 Å². The maximum absolute atomic E-state index is 11.0. The Balaban J connectivity index is 2.40. The Morgan fingerprint density at radius 3 is 2.94 bits per heavy atom. The molecule has 1 unspecified atom stereocenters. The third kappa shape index (κ3) is 3.72. The van der Waals surface area contributed by atoms with Gasteiger partial charge in [-0.2, -0.15) is 11.8 Å². The Morgan fingerprint density at radius 1 is 1.75 bits per heavy atom. The molecule has 0 bridgehead atoms. The van der Waals surface area contributed by atoms with Crippen LogP contribution in [0.4, 0.5) is 0 Å². The number of methoxy groups -OCH3 is 1. The highest BCUT2D eigenvalue weighted by Gasteiger charge is 2.11. The maximum Gasteiger partial charge on any atom is 0.306 e. The molecule has 1 atom stereocenters. The Hall–Kier alpha value is -0.680. The Morgan fingerprint density at radius 2 is 2.44 bits per heavy atom.